The van der Waals surface area contributed by atoms with Gasteiger partial charge in [0.2, 0.25) is 0 Å². The molecule has 0 saturated carbocycles. The average Bonchev–Trinajstić information content (AvgIpc) is 2.58. The zero-order valence-electron chi connectivity index (χ0n) is 11.0. The van der Waals surface area contributed by atoms with Crippen LogP contribution < -0.4 is 5.32 Å². The van der Waals surface area contributed by atoms with E-state index in [1.54, 1.807) is 0 Å². The van der Waals surface area contributed by atoms with Crippen molar-refractivity contribution < 1.29 is 14.4 Å². The summed E-state index contributed by atoms with van der Waals surface area (Å²) < 4.78 is 0. The van der Waals surface area contributed by atoms with Crippen LogP contribution in [0.25, 0.3) is 0 Å². The van der Waals surface area contributed by atoms with Gasteiger partial charge >= 0.3 is 17.8 Å². The first-order valence-corrected chi connectivity index (χ1v) is 6.83. The third-order valence-electron chi connectivity index (χ3n) is 3.14. The fourth-order valence-corrected chi connectivity index (χ4v) is 2.04. The number of carbonyl (C=O) groups excluding carboxylic acids is 3. The lowest BCUT2D eigenvalue weighted by Gasteiger charge is -2.10. The number of hydrogen-bond donors (Lipinski definition) is 1. The topological polar surface area (TPSA) is 66.5 Å². The summed E-state index contributed by atoms with van der Waals surface area (Å²) in [4.78, 5) is 34.4. The molecule has 0 unspecified atom stereocenters. The molecule has 1 aliphatic heterocycles. The first kappa shape index (κ1) is 14.7. The molecule has 1 aliphatic rings. The highest BCUT2D eigenvalue weighted by molar-refractivity contribution is 6.44. The molecule has 0 atom stereocenters. The van der Waals surface area contributed by atoms with Crippen molar-refractivity contribution in [1.29, 1.82) is 0 Å². The molecule has 5 nitrogen and oxygen atoms in total. The molecule has 18 heavy (non-hydrogen) atoms. The average molecular weight is 254 g/mol. The maximum Gasteiger partial charge on any atom is 0.331 e. The summed E-state index contributed by atoms with van der Waals surface area (Å²) in [6.45, 7) is 2.55. The molecule has 0 aliphatic carbocycles. The number of amides is 4. The third-order valence-corrected chi connectivity index (χ3v) is 3.14. The van der Waals surface area contributed by atoms with Gasteiger partial charge in [-0.05, 0) is 6.42 Å². The lowest BCUT2D eigenvalue weighted by atomic mass is 10.1. The van der Waals surface area contributed by atoms with E-state index in [9.17, 15) is 14.4 Å². The lowest BCUT2D eigenvalue weighted by molar-refractivity contribution is -0.140. The Kier molecular flexibility index (Phi) is 6.39. The van der Waals surface area contributed by atoms with Crippen LogP contribution in [0, 0.1) is 0 Å². The van der Waals surface area contributed by atoms with Gasteiger partial charge < -0.3 is 0 Å². The molecule has 5 heteroatoms. The van der Waals surface area contributed by atoms with Crippen LogP contribution in [0.3, 0.4) is 0 Å². The molecular weight excluding hydrogens is 232 g/mol. The molecule has 1 rings (SSSR count). The first-order valence-electron chi connectivity index (χ1n) is 6.83. The molecule has 0 spiro atoms. The monoisotopic (exact) mass is 254 g/mol. The minimum Gasteiger partial charge on any atom is -0.269 e. The van der Waals surface area contributed by atoms with Crippen molar-refractivity contribution in [2.45, 2.75) is 58.3 Å². The van der Waals surface area contributed by atoms with Crippen molar-refractivity contribution in [3.05, 3.63) is 0 Å². The summed E-state index contributed by atoms with van der Waals surface area (Å²) in [5.41, 5.74) is 0. The Bertz CT molecular complexity index is 315. The Balaban J connectivity index is 2.03. The van der Waals surface area contributed by atoms with E-state index in [-0.39, 0.29) is 0 Å². The molecule has 0 aromatic heterocycles. The van der Waals surface area contributed by atoms with Crippen LogP contribution in [0.2, 0.25) is 0 Å². The molecule has 4 amide bonds. The van der Waals surface area contributed by atoms with E-state index in [1.165, 1.54) is 32.1 Å². The predicted octanol–water partition coefficient (Wildman–Crippen LogP) is 2.21. The quantitative estimate of drug-likeness (QED) is 0.389. The summed E-state index contributed by atoms with van der Waals surface area (Å²) in [5.74, 6) is -1.53. The van der Waals surface area contributed by atoms with Crippen molar-refractivity contribution in [2.24, 2.45) is 0 Å². The zero-order valence-corrected chi connectivity index (χ0v) is 11.0. The van der Waals surface area contributed by atoms with Crippen molar-refractivity contribution in [3.8, 4) is 0 Å². The van der Waals surface area contributed by atoms with E-state index in [1.807, 2.05) is 5.32 Å². The van der Waals surface area contributed by atoms with Crippen LogP contribution in [-0.4, -0.2) is 29.3 Å². The van der Waals surface area contributed by atoms with Crippen molar-refractivity contribution in [2.75, 3.05) is 6.54 Å². The predicted molar refractivity (Wildman–Crippen MR) is 67.9 cm³/mol. The standard InChI is InChI=1S/C13H22N2O3/c1-2-3-4-5-6-7-8-9-10-15-12(17)11(16)14-13(15)18/h2-10H2,1H3,(H,14,16,18). The van der Waals surface area contributed by atoms with Gasteiger partial charge in [0.05, 0.1) is 0 Å². The van der Waals surface area contributed by atoms with Gasteiger partial charge in [0.15, 0.2) is 0 Å². The molecule has 0 aromatic rings. The molecular formula is C13H22N2O3. The number of hydrogen-bond acceptors (Lipinski definition) is 3. The molecule has 0 radical (unpaired) electrons. The van der Waals surface area contributed by atoms with Gasteiger partial charge in [-0.15, -0.1) is 0 Å². The van der Waals surface area contributed by atoms with E-state index in [4.69, 9.17) is 0 Å². The summed E-state index contributed by atoms with van der Waals surface area (Å²) in [5, 5.41) is 1.99. The normalized spacial score (nSPS) is 15.4. The van der Waals surface area contributed by atoms with Gasteiger partial charge in [-0.25, -0.2) is 4.79 Å². The molecule has 1 heterocycles. The second-order valence-corrected chi connectivity index (χ2v) is 4.69. The molecule has 102 valence electrons. The molecule has 0 aromatic carbocycles. The minimum atomic E-state index is -0.806. The van der Waals surface area contributed by atoms with E-state index >= 15 is 0 Å². The maximum atomic E-state index is 11.2. The number of urea groups is 1. The molecule has 1 fully saturated rings. The van der Waals surface area contributed by atoms with Gasteiger partial charge in [-0.2, -0.15) is 0 Å². The number of unbranched alkanes of at least 4 members (excludes halogenated alkanes) is 7. The van der Waals surface area contributed by atoms with Crippen molar-refractivity contribution in [1.82, 2.24) is 10.2 Å². The SMILES string of the molecule is CCCCCCCCCCN1C(=O)NC(=O)C1=O. The van der Waals surface area contributed by atoms with E-state index < -0.39 is 17.8 Å². The van der Waals surface area contributed by atoms with Crippen LogP contribution in [0.4, 0.5) is 4.79 Å². The fourth-order valence-electron chi connectivity index (χ4n) is 2.04. The summed E-state index contributed by atoms with van der Waals surface area (Å²) in [7, 11) is 0. The van der Waals surface area contributed by atoms with Gasteiger partial charge in [0.25, 0.3) is 0 Å². The van der Waals surface area contributed by atoms with E-state index in [0.29, 0.717) is 6.54 Å². The van der Waals surface area contributed by atoms with Gasteiger partial charge in [0, 0.05) is 6.54 Å². The second kappa shape index (κ2) is 7.84. The largest absolute Gasteiger partial charge is 0.331 e. The van der Waals surface area contributed by atoms with Crippen LogP contribution in [-0.2, 0) is 9.59 Å². The number of nitrogens with one attached hydrogen (secondary N) is 1. The lowest BCUT2D eigenvalue weighted by Crippen LogP contribution is -2.31. The highest BCUT2D eigenvalue weighted by Crippen LogP contribution is 2.10. The Morgan fingerprint density at radius 3 is 1.94 bits per heavy atom. The summed E-state index contributed by atoms with van der Waals surface area (Å²) >= 11 is 0. The maximum absolute atomic E-state index is 11.2. The number of nitrogens with zero attached hydrogens (tertiary/aromatic N) is 1. The molecule has 1 saturated heterocycles. The third kappa shape index (κ3) is 4.47. The van der Waals surface area contributed by atoms with Crippen molar-refractivity contribution >= 4 is 17.8 Å². The second-order valence-electron chi connectivity index (χ2n) is 4.69. The van der Waals surface area contributed by atoms with Crippen LogP contribution in [0.15, 0.2) is 0 Å². The van der Waals surface area contributed by atoms with E-state index in [0.717, 1.165) is 24.2 Å². The Hall–Kier alpha value is -1.39. The fraction of sp³-hybridized carbons (Fsp3) is 0.769. The Morgan fingerprint density at radius 2 is 1.44 bits per heavy atom. The molecule has 0 bridgehead atoms. The van der Waals surface area contributed by atoms with Crippen molar-refractivity contribution in [3.63, 3.8) is 0 Å². The summed E-state index contributed by atoms with van der Waals surface area (Å²) in [6, 6.07) is -0.576. The summed E-state index contributed by atoms with van der Waals surface area (Å²) in [6.07, 6.45) is 9.20. The van der Waals surface area contributed by atoms with Gasteiger partial charge in [-0.3, -0.25) is 19.8 Å². The first-order chi connectivity index (χ1) is 8.66. The highest BCUT2D eigenvalue weighted by Gasteiger charge is 2.35. The number of carbonyl (C=O) groups is 3. The highest BCUT2D eigenvalue weighted by atomic mass is 16.2. The van der Waals surface area contributed by atoms with Crippen LogP contribution >= 0.6 is 0 Å². The molecule has 1 N–H and O–H groups in total. The van der Waals surface area contributed by atoms with Crippen LogP contribution in [0.5, 0.6) is 0 Å². The van der Waals surface area contributed by atoms with E-state index in [2.05, 4.69) is 6.92 Å². The Morgan fingerprint density at radius 1 is 0.889 bits per heavy atom. The van der Waals surface area contributed by atoms with Gasteiger partial charge in [-0.1, -0.05) is 51.9 Å². The Labute approximate surface area is 108 Å². The minimum absolute atomic E-state index is 0.353. The zero-order chi connectivity index (χ0) is 13.4. The van der Waals surface area contributed by atoms with Gasteiger partial charge in [0.1, 0.15) is 0 Å². The number of rotatable bonds is 9. The smallest absolute Gasteiger partial charge is 0.269 e. The van der Waals surface area contributed by atoms with Crippen LogP contribution in [0.1, 0.15) is 58.3 Å². The number of imide groups is 2.